The van der Waals surface area contributed by atoms with Gasteiger partial charge in [-0.2, -0.15) is 0 Å². The van der Waals surface area contributed by atoms with Crippen LogP contribution in [-0.2, 0) is 33.8 Å². The highest BCUT2D eigenvalue weighted by molar-refractivity contribution is 6.40. The van der Waals surface area contributed by atoms with Gasteiger partial charge < -0.3 is 19.7 Å². The Morgan fingerprint density at radius 3 is 2.70 bits per heavy atom. The number of furan rings is 1. The third kappa shape index (κ3) is 5.25. The number of carbonyl (C=O) groups is 4. The minimum absolute atomic E-state index is 0.0610. The van der Waals surface area contributed by atoms with Crippen LogP contribution in [0.3, 0.4) is 0 Å². The molecule has 1 aliphatic rings. The minimum atomic E-state index is -1.32. The van der Waals surface area contributed by atoms with E-state index in [0.717, 1.165) is 10.3 Å². The molecule has 0 bridgehead atoms. The van der Waals surface area contributed by atoms with Crippen LogP contribution in [0.25, 0.3) is 11.0 Å². The zero-order valence-electron chi connectivity index (χ0n) is 21.0. The van der Waals surface area contributed by atoms with E-state index >= 15 is 0 Å². The molecule has 2 N–H and O–H groups in total. The van der Waals surface area contributed by atoms with Crippen LogP contribution in [0.5, 0.6) is 0 Å². The maximum Gasteiger partial charge on any atom is 0.327 e. The predicted octanol–water partition coefficient (Wildman–Crippen LogP) is 5.17. The summed E-state index contributed by atoms with van der Waals surface area (Å²) < 4.78 is 5.42. The van der Waals surface area contributed by atoms with Crippen LogP contribution in [-0.4, -0.2) is 47.3 Å². The monoisotopic (exact) mass is 579 g/mol. The average Bonchev–Trinajstić information content (AvgIpc) is 3.42. The SMILES string of the molecule is O=CNc1cccc(CC(C(=O)O)N(C=O)c2c(Cl)cc3c(c2Cl)CCN(C(=O)c2ccc4ccoc4c2)C3)c1. The van der Waals surface area contributed by atoms with Gasteiger partial charge in [0.05, 0.1) is 22.0 Å². The Bertz CT molecular complexity index is 1640. The van der Waals surface area contributed by atoms with E-state index in [-0.39, 0.29) is 34.6 Å². The average molecular weight is 580 g/mol. The van der Waals surface area contributed by atoms with E-state index in [2.05, 4.69) is 5.32 Å². The van der Waals surface area contributed by atoms with Crippen molar-refractivity contribution in [2.75, 3.05) is 16.8 Å². The number of benzene rings is 3. The van der Waals surface area contributed by atoms with Crippen molar-refractivity contribution in [3.05, 3.63) is 93.2 Å². The van der Waals surface area contributed by atoms with E-state index in [9.17, 15) is 24.3 Å². The number of amides is 3. The molecular formula is C29H23Cl2N3O6. The highest BCUT2D eigenvalue weighted by Gasteiger charge is 2.33. The summed E-state index contributed by atoms with van der Waals surface area (Å²) in [5.41, 5.74) is 3.67. The maximum atomic E-state index is 13.2. The van der Waals surface area contributed by atoms with Crippen LogP contribution in [0.4, 0.5) is 11.4 Å². The van der Waals surface area contributed by atoms with Gasteiger partial charge in [0.2, 0.25) is 12.8 Å². The van der Waals surface area contributed by atoms with Crippen LogP contribution >= 0.6 is 23.2 Å². The summed E-state index contributed by atoms with van der Waals surface area (Å²) in [6.07, 6.45) is 2.81. The lowest BCUT2D eigenvalue weighted by molar-refractivity contribution is -0.139. The molecule has 0 aliphatic carbocycles. The van der Waals surface area contributed by atoms with Gasteiger partial charge in [-0.1, -0.05) is 41.4 Å². The molecule has 3 amide bonds. The van der Waals surface area contributed by atoms with E-state index in [1.807, 2.05) is 12.1 Å². The molecule has 9 nitrogen and oxygen atoms in total. The Morgan fingerprint density at radius 1 is 1.12 bits per heavy atom. The lowest BCUT2D eigenvalue weighted by atomic mass is 9.96. The molecule has 1 unspecified atom stereocenters. The Balaban J connectivity index is 1.42. The normalized spacial score (nSPS) is 13.4. The first-order valence-corrected chi connectivity index (χ1v) is 13.1. The van der Waals surface area contributed by atoms with Gasteiger partial charge in [0, 0.05) is 36.1 Å². The lowest BCUT2D eigenvalue weighted by Crippen LogP contribution is -2.43. The summed E-state index contributed by atoms with van der Waals surface area (Å²) in [5, 5.41) is 13.7. The Labute approximate surface area is 238 Å². The summed E-state index contributed by atoms with van der Waals surface area (Å²) >= 11 is 13.4. The third-order valence-electron chi connectivity index (χ3n) is 6.95. The van der Waals surface area contributed by atoms with Crippen molar-refractivity contribution in [2.24, 2.45) is 0 Å². The van der Waals surface area contributed by atoms with Crippen molar-refractivity contribution < 1.29 is 28.7 Å². The highest BCUT2D eigenvalue weighted by Crippen LogP contribution is 2.41. The first-order valence-electron chi connectivity index (χ1n) is 12.3. The number of halogens is 2. The fourth-order valence-electron chi connectivity index (χ4n) is 4.99. The smallest absolute Gasteiger partial charge is 0.327 e. The molecule has 1 atom stereocenters. The Kier molecular flexibility index (Phi) is 7.77. The van der Waals surface area contributed by atoms with Gasteiger partial charge in [0.1, 0.15) is 11.6 Å². The molecule has 0 fully saturated rings. The van der Waals surface area contributed by atoms with Crippen molar-refractivity contribution >= 4 is 70.2 Å². The summed E-state index contributed by atoms with van der Waals surface area (Å²) in [5.74, 6) is -1.43. The molecule has 0 radical (unpaired) electrons. The van der Waals surface area contributed by atoms with Crippen LogP contribution in [0.15, 0.2) is 65.3 Å². The number of nitrogens with zero attached hydrogens (tertiary/aromatic N) is 2. The lowest BCUT2D eigenvalue weighted by Gasteiger charge is -2.33. The van der Waals surface area contributed by atoms with Crippen molar-refractivity contribution in [1.82, 2.24) is 4.90 Å². The number of carboxylic acid groups (broad SMARTS) is 1. The van der Waals surface area contributed by atoms with Crippen LogP contribution in [0.1, 0.15) is 27.0 Å². The molecule has 11 heteroatoms. The molecular weight excluding hydrogens is 557 g/mol. The van der Waals surface area contributed by atoms with E-state index in [4.69, 9.17) is 27.6 Å². The second-order valence-electron chi connectivity index (χ2n) is 9.34. The zero-order chi connectivity index (χ0) is 28.4. The molecule has 1 aliphatic heterocycles. The first kappa shape index (κ1) is 27.2. The standard InChI is InChI=1S/C29H23Cl2N3O6/c30-23-12-20-14-33(28(37)19-5-4-18-7-9-40-25(18)13-19)8-6-22(20)26(31)27(23)34(16-36)24(29(38)39)11-17-2-1-3-21(10-17)32-15-35/h1-5,7,9-10,12-13,15-16,24H,6,8,11,14H2,(H,32,35)(H,38,39). The number of aliphatic carboxylic acids is 1. The number of anilines is 2. The van der Waals surface area contributed by atoms with Crippen molar-refractivity contribution in [3.8, 4) is 0 Å². The summed E-state index contributed by atoms with van der Waals surface area (Å²) in [6.45, 7) is 0.604. The van der Waals surface area contributed by atoms with E-state index < -0.39 is 12.0 Å². The number of hydrogen-bond donors (Lipinski definition) is 2. The molecule has 1 aromatic heterocycles. The van der Waals surface area contributed by atoms with E-state index in [1.54, 1.807) is 53.6 Å². The Hall–Kier alpha value is -4.34. The molecule has 2 heterocycles. The van der Waals surface area contributed by atoms with Crippen molar-refractivity contribution in [3.63, 3.8) is 0 Å². The molecule has 204 valence electrons. The second kappa shape index (κ2) is 11.4. The quantitative estimate of drug-likeness (QED) is 0.264. The van der Waals surface area contributed by atoms with Gasteiger partial charge in [-0.3, -0.25) is 19.3 Å². The summed E-state index contributed by atoms with van der Waals surface area (Å²) in [6, 6.07) is 14.0. The number of fused-ring (bicyclic) bond motifs is 2. The fourth-order valence-corrected chi connectivity index (χ4v) is 5.77. The number of hydrogen-bond acceptors (Lipinski definition) is 5. The minimum Gasteiger partial charge on any atom is -0.480 e. The van der Waals surface area contributed by atoms with Crippen LogP contribution in [0.2, 0.25) is 10.0 Å². The molecule has 0 spiro atoms. The van der Waals surface area contributed by atoms with Gasteiger partial charge in [-0.05, 0) is 59.5 Å². The van der Waals surface area contributed by atoms with Gasteiger partial charge in [-0.15, -0.1) is 0 Å². The predicted molar refractivity (Wildman–Crippen MR) is 151 cm³/mol. The van der Waals surface area contributed by atoms with E-state index in [0.29, 0.717) is 59.3 Å². The number of carboxylic acids is 1. The van der Waals surface area contributed by atoms with Gasteiger partial charge in [-0.25, -0.2) is 4.79 Å². The van der Waals surface area contributed by atoms with Gasteiger partial charge in [0.25, 0.3) is 5.91 Å². The van der Waals surface area contributed by atoms with Gasteiger partial charge in [0.15, 0.2) is 0 Å². The number of carbonyl (C=O) groups excluding carboxylic acids is 3. The molecule has 0 saturated heterocycles. The topological polar surface area (TPSA) is 120 Å². The van der Waals surface area contributed by atoms with Crippen LogP contribution in [0, 0.1) is 0 Å². The summed E-state index contributed by atoms with van der Waals surface area (Å²) in [4.78, 5) is 51.3. The van der Waals surface area contributed by atoms with Crippen molar-refractivity contribution in [1.29, 1.82) is 0 Å². The largest absolute Gasteiger partial charge is 0.480 e. The Morgan fingerprint density at radius 2 is 1.95 bits per heavy atom. The molecule has 3 aromatic carbocycles. The van der Waals surface area contributed by atoms with Crippen LogP contribution < -0.4 is 10.2 Å². The maximum absolute atomic E-state index is 13.2. The second-order valence-corrected chi connectivity index (χ2v) is 10.1. The molecule has 0 saturated carbocycles. The molecule has 5 rings (SSSR count). The fraction of sp³-hybridized carbons (Fsp3) is 0.172. The van der Waals surface area contributed by atoms with E-state index in [1.165, 1.54) is 0 Å². The third-order valence-corrected chi connectivity index (χ3v) is 7.64. The number of nitrogens with one attached hydrogen (secondary N) is 1. The summed E-state index contributed by atoms with van der Waals surface area (Å²) in [7, 11) is 0. The highest BCUT2D eigenvalue weighted by atomic mass is 35.5. The molecule has 40 heavy (non-hydrogen) atoms. The van der Waals surface area contributed by atoms with Gasteiger partial charge >= 0.3 is 5.97 Å². The number of rotatable bonds is 9. The molecule has 4 aromatic rings. The first-order chi connectivity index (χ1) is 19.3. The van der Waals surface area contributed by atoms with Crippen molar-refractivity contribution in [2.45, 2.75) is 25.4 Å². The zero-order valence-corrected chi connectivity index (χ0v) is 22.5.